The largest absolute Gasteiger partial charge is 0.334 e. The van der Waals surface area contributed by atoms with Crippen LogP contribution in [-0.4, -0.2) is 17.6 Å². The summed E-state index contributed by atoms with van der Waals surface area (Å²) in [5.41, 5.74) is 2.81. The van der Waals surface area contributed by atoms with E-state index in [2.05, 4.69) is 28.8 Å². The average molecular weight is 315 g/mol. The predicted molar refractivity (Wildman–Crippen MR) is 96.1 cm³/mol. The molecule has 2 N–H and O–H groups in total. The lowest BCUT2D eigenvalue weighted by Gasteiger charge is -2.06. The summed E-state index contributed by atoms with van der Waals surface area (Å²) in [6.07, 6.45) is 11.0. The van der Waals surface area contributed by atoms with Crippen molar-refractivity contribution in [1.29, 1.82) is 0 Å². The summed E-state index contributed by atoms with van der Waals surface area (Å²) in [4.78, 5) is 16.2. The fourth-order valence-electron chi connectivity index (χ4n) is 1.64. The molecule has 0 aliphatic heterocycles. The van der Waals surface area contributed by atoms with Crippen LogP contribution in [0.5, 0.6) is 0 Å². The normalized spacial score (nSPS) is 12.3. The van der Waals surface area contributed by atoms with Crippen LogP contribution in [0.2, 0.25) is 0 Å². The smallest absolute Gasteiger partial charge is 0.321 e. The lowest BCUT2D eigenvalue weighted by molar-refractivity contribution is 0.253. The minimum Gasteiger partial charge on any atom is -0.334 e. The van der Waals surface area contributed by atoms with Gasteiger partial charge in [0.25, 0.3) is 0 Å². The Hall–Kier alpha value is -2.40. The van der Waals surface area contributed by atoms with Gasteiger partial charge in [0.15, 0.2) is 5.13 Å². The van der Waals surface area contributed by atoms with Crippen LogP contribution in [0.3, 0.4) is 0 Å². The van der Waals surface area contributed by atoms with Gasteiger partial charge in [-0.2, -0.15) is 0 Å². The molecule has 5 heteroatoms. The second-order valence-corrected chi connectivity index (χ2v) is 5.27. The molecule has 0 radical (unpaired) electrons. The Bertz CT molecular complexity index is 624. The van der Waals surface area contributed by atoms with Crippen molar-refractivity contribution in [3.05, 3.63) is 66.3 Å². The molecule has 0 bridgehead atoms. The number of urea groups is 1. The van der Waals surface area contributed by atoms with Gasteiger partial charge in [-0.3, -0.25) is 5.32 Å². The molecule has 0 aliphatic rings. The Morgan fingerprint density at radius 3 is 2.73 bits per heavy atom. The first-order valence-electron chi connectivity index (χ1n) is 6.85. The van der Waals surface area contributed by atoms with E-state index in [-0.39, 0.29) is 6.03 Å². The van der Waals surface area contributed by atoms with Gasteiger partial charge in [0.2, 0.25) is 0 Å². The molecule has 1 rings (SSSR count). The SMILES string of the molecule is C=C/C=C(\C=C/C)CNC(=O)Nc1nc(/C(C)=C/C=C)cs1. The van der Waals surface area contributed by atoms with Crippen LogP contribution in [0.1, 0.15) is 19.5 Å². The number of allylic oxidation sites excluding steroid dienone is 6. The molecule has 4 nitrogen and oxygen atoms in total. The topological polar surface area (TPSA) is 54.0 Å². The molecular weight excluding hydrogens is 294 g/mol. The summed E-state index contributed by atoms with van der Waals surface area (Å²) in [6, 6.07) is -0.286. The van der Waals surface area contributed by atoms with Gasteiger partial charge in [-0.05, 0) is 25.0 Å². The standard InChI is InChI=1S/C17H21N3OS/c1-5-8-13(4)15-12-22-17(19-15)20-16(21)18-11-14(9-6-2)10-7-3/h5-10,12H,1-2,11H2,3-4H3,(H2,18,19,20,21)/b10-7-,13-8+,14-9+. The van der Waals surface area contributed by atoms with Gasteiger partial charge in [0, 0.05) is 11.9 Å². The molecule has 22 heavy (non-hydrogen) atoms. The van der Waals surface area contributed by atoms with Gasteiger partial charge in [0.1, 0.15) is 0 Å². The van der Waals surface area contributed by atoms with Crippen LogP contribution in [-0.2, 0) is 0 Å². The van der Waals surface area contributed by atoms with Crippen LogP contribution in [0.25, 0.3) is 5.57 Å². The minimum atomic E-state index is -0.286. The van der Waals surface area contributed by atoms with Crippen LogP contribution < -0.4 is 10.6 Å². The van der Waals surface area contributed by atoms with E-state index in [0.717, 1.165) is 16.8 Å². The summed E-state index contributed by atoms with van der Waals surface area (Å²) in [5.74, 6) is 0. The van der Waals surface area contributed by atoms with Gasteiger partial charge in [-0.1, -0.05) is 49.6 Å². The number of aromatic nitrogens is 1. The van der Waals surface area contributed by atoms with Crippen LogP contribution in [0, 0.1) is 0 Å². The molecule has 0 saturated heterocycles. The Morgan fingerprint density at radius 1 is 1.36 bits per heavy atom. The van der Waals surface area contributed by atoms with E-state index in [4.69, 9.17) is 0 Å². The summed E-state index contributed by atoms with van der Waals surface area (Å²) < 4.78 is 0. The minimum absolute atomic E-state index is 0.286. The monoisotopic (exact) mass is 315 g/mol. The zero-order chi connectivity index (χ0) is 16.4. The van der Waals surface area contributed by atoms with Crippen LogP contribution in [0.4, 0.5) is 9.93 Å². The second-order valence-electron chi connectivity index (χ2n) is 4.41. The van der Waals surface area contributed by atoms with Crippen molar-refractivity contribution in [2.45, 2.75) is 13.8 Å². The number of amides is 2. The average Bonchev–Trinajstić information content (AvgIpc) is 2.94. The molecule has 1 heterocycles. The highest BCUT2D eigenvalue weighted by molar-refractivity contribution is 7.14. The summed E-state index contributed by atoms with van der Waals surface area (Å²) >= 11 is 1.38. The summed E-state index contributed by atoms with van der Waals surface area (Å²) in [5, 5.41) is 7.97. The zero-order valence-corrected chi connectivity index (χ0v) is 13.7. The summed E-state index contributed by atoms with van der Waals surface area (Å²) in [6.45, 7) is 11.6. The number of nitrogens with one attached hydrogen (secondary N) is 2. The first kappa shape index (κ1) is 17.7. The molecule has 2 amide bonds. The first-order valence-corrected chi connectivity index (χ1v) is 7.73. The van der Waals surface area contributed by atoms with Gasteiger partial charge in [0.05, 0.1) is 5.69 Å². The highest BCUT2D eigenvalue weighted by Crippen LogP contribution is 2.21. The maximum atomic E-state index is 11.9. The molecule has 0 saturated carbocycles. The van der Waals surface area contributed by atoms with E-state index in [1.807, 2.05) is 43.5 Å². The molecule has 116 valence electrons. The highest BCUT2D eigenvalue weighted by Gasteiger charge is 2.07. The lowest BCUT2D eigenvalue weighted by Crippen LogP contribution is -2.30. The number of anilines is 1. The van der Waals surface area contributed by atoms with Crippen molar-refractivity contribution >= 4 is 28.1 Å². The lowest BCUT2D eigenvalue weighted by atomic mass is 10.2. The van der Waals surface area contributed by atoms with E-state index in [1.54, 1.807) is 12.2 Å². The molecule has 0 aliphatic carbocycles. The third kappa shape index (κ3) is 5.93. The number of hydrogen-bond donors (Lipinski definition) is 2. The first-order chi connectivity index (χ1) is 10.6. The van der Waals surface area contributed by atoms with Gasteiger partial charge in [-0.25, -0.2) is 9.78 Å². The number of carbonyl (C=O) groups is 1. The fourth-order valence-corrected chi connectivity index (χ4v) is 2.40. The third-order valence-electron chi connectivity index (χ3n) is 2.66. The van der Waals surface area contributed by atoms with Gasteiger partial charge >= 0.3 is 6.03 Å². The Labute approximate surface area is 135 Å². The Kier molecular flexibility index (Phi) is 7.64. The van der Waals surface area contributed by atoms with Crippen molar-refractivity contribution in [3.63, 3.8) is 0 Å². The Morgan fingerprint density at radius 2 is 2.09 bits per heavy atom. The number of carbonyl (C=O) groups excluding carboxylic acids is 1. The van der Waals surface area contributed by atoms with Gasteiger partial charge < -0.3 is 5.32 Å². The number of hydrogen-bond acceptors (Lipinski definition) is 3. The predicted octanol–water partition coefficient (Wildman–Crippen LogP) is 4.54. The Balaban J connectivity index is 2.59. The van der Waals surface area contributed by atoms with E-state index < -0.39 is 0 Å². The van der Waals surface area contributed by atoms with Crippen LogP contribution >= 0.6 is 11.3 Å². The van der Waals surface area contributed by atoms with E-state index in [9.17, 15) is 4.79 Å². The number of rotatable bonds is 7. The molecule has 0 atom stereocenters. The maximum Gasteiger partial charge on any atom is 0.321 e. The molecule has 1 aromatic heterocycles. The van der Waals surface area contributed by atoms with E-state index >= 15 is 0 Å². The van der Waals surface area contributed by atoms with Crippen molar-refractivity contribution in [1.82, 2.24) is 10.3 Å². The molecular formula is C17H21N3OS. The molecule has 0 unspecified atom stereocenters. The van der Waals surface area contributed by atoms with Crippen molar-refractivity contribution in [2.75, 3.05) is 11.9 Å². The molecule has 0 aromatic carbocycles. The van der Waals surface area contributed by atoms with Crippen molar-refractivity contribution in [3.8, 4) is 0 Å². The molecule has 0 spiro atoms. The van der Waals surface area contributed by atoms with E-state index in [1.165, 1.54) is 11.3 Å². The van der Waals surface area contributed by atoms with Crippen molar-refractivity contribution in [2.24, 2.45) is 0 Å². The molecule has 1 aromatic rings. The highest BCUT2D eigenvalue weighted by atomic mass is 32.1. The van der Waals surface area contributed by atoms with Crippen LogP contribution in [0.15, 0.2) is 60.6 Å². The fraction of sp³-hybridized carbons (Fsp3) is 0.176. The third-order valence-corrected chi connectivity index (χ3v) is 3.42. The van der Waals surface area contributed by atoms with E-state index in [0.29, 0.717) is 11.7 Å². The number of thiazole rings is 1. The van der Waals surface area contributed by atoms with Crippen molar-refractivity contribution < 1.29 is 4.79 Å². The second kappa shape index (κ2) is 9.52. The maximum absolute atomic E-state index is 11.9. The molecule has 0 fully saturated rings. The number of nitrogens with zero attached hydrogens (tertiary/aromatic N) is 1. The zero-order valence-electron chi connectivity index (χ0n) is 12.9. The quantitative estimate of drug-likeness (QED) is 0.726. The van der Waals surface area contributed by atoms with Gasteiger partial charge in [-0.15, -0.1) is 11.3 Å². The summed E-state index contributed by atoms with van der Waals surface area (Å²) in [7, 11) is 0.